The number of hydrogen-bond donors (Lipinski definition) is 0. The van der Waals surface area contributed by atoms with E-state index in [1.807, 2.05) is 12.4 Å². The minimum absolute atomic E-state index is 0.874. The summed E-state index contributed by atoms with van der Waals surface area (Å²) in [5, 5.41) is 4.99. The third-order valence-corrected chi connectivity index (χ3v) is 9.70. The van der Waals surface area contributed by atoms with Crippen LogP contribution < -0.4 is 0 Å². The molecule has 9 rings (SSSR count). The molecule has 0 atom stereocenters. The Hall–Kier alpha value is -6.32. The lowest BCUT2D eigenvalue weighted by Crippen LogP contribution is -1.99. The van der Waals surface area contributed by atoms with Crippen molar-refractivity contribution in [3.63, 3.8) is 0 Å². The van der Waals surface area contributed by atoms with E-state index in [1.54, 1.807) is 0 Å². The van der Waals surface area contributed by atoms with Crippen molar-refractivity contribution in [2.24, 2.45) is 0 Å². The lowest BCUT2D eigenvalue weighted by molar-refractivity contribution is 0.908. The first-order valence-corrected chi connectivity index (χ1v) is 16.9. The largest absolute Gasteiger partial charge is 0.296 e. The van der Waals surface area contributed by atoms with Gasteiger partial charge in [-0.15, -0.1) is 0 Å². The van der Waals surface area contributed by atoms with Crippen LogP contribution in [-0.2, 0) is 6.42 Å². The average Bonchev–Trinajstić information content (AvgIpc) is 3.56. The maximum absolute atomic E-state index is 4.87. The quantitative estimate of drug-likeness (QED) is 0.172. The highest BCUT2D eigenvalue weighted by atomic mass is 15.1. The minimum atomic E-state index is 0.874. The molecule has 0 N–H and O–H groups in total. The highest BCUT2D eigenvalue weighted by molar-refractivity contribution is 6.22. The van der Waals surface area contributed by atoms with E-state index in [-0.39, 0.29) is 0 Å². The van der Waals surface area contributed by atoms with Crippen LogP contribution in [0.5, 0.6) is 0 Å². The summed E-state index contributed by atoms with van der Waals surface area (Å²) in [7, 11) is 0. The molecule has 0 aliphatic rings. The molecule has 0 radical (unpaired) electrons. The van der Waals surface area contributed by atoms with Gasteiger partial charge in [-0.25, -0.2) is 4.98 Å². The molecule has 2 aromatic heterocycles. The standard InChI is InChI=1S/C46H33N3/c1-2-44-48-42-17-9-10-18-43(42)49(44)35-25-23-32(24-26-35)31-19-21-34(22-20-31)45-38-13-5-7-15-40(38)46(41-16-8-6-14-39(41)45)37-12-4-3-11-36(37)33-27-29-47-30-28-33/h3-30H,2H2,1H3. The molecule has 9 aromatic rings. The van der Waals surface area contributed by atoms with E-state index in [4.69, 9.17) is 4.98 Å². The third kappa shape index (κ3) is 4.90. The van der Waals surface area contributed by atoms with Gasteiger partial charge in [-0.2, -0.15) is 0 Å². The number of nitrogens with zero attached hydrogens (tertiary/aromatic N) is 3. The SMILES string of the molecule is CCc1nc2ccccc2n1-c1ccc(-c2ccc(-c3c4ccccc4c(-c4ccccc4-c4ccncc4)c4ccccc34)cc2)cc1. The monoisotopic (exact) mass is 627 g/mol. The van der Waals surface area contributed by atoms with Crippen LogP contribution in [0.25, 0.3) is 82.8 Å². The predicted octanol–water partition coefficient (Wildman–Crippen LogP) is 12.0. The molecule has 49 heavy (non-hydrogen) atoms. The van der Waals surface area contributed by atoms with E-state index in [2.05, 4.69) is 174 Å². The number of fused-ring (bicyclic) bond motifs is 3. The van der Waals surface area contributed by atoms with Crippen molar-refractivity contribution in [3.05, 3.63) is 176 Å². The molecule has 0 fully saturated rings. The maximum Gasteiger partial charge on any atom is 0.114 e. The van der Waals surface area contributed by atoms with Crippen LogP contribution in [0.1, 0.15) is 12.7 Å². The summed E-state index contributed by atoms with van der Waals surface area (Å²) in [6.07, 6.45) is 4.61. The molecule has 7 aromatic carbocycles. The first-order valence-electron chi connectivity index (χ1n) is 16.9. The summed E-state index contributed by atoms with van der Waals surface area (Å²) in [5.74, 6) is 1.07. The van der Waals surface area contributed by atoms with Crippen LogP contribution in [0.3, 0.4) is 0 Å². The van der Waals surface area contributed by atoms with Gasteiger partial charge in [-0.1, -0.05) is 128 Å². The van der Waals surface area contributed by atoms with E-state index in [1.165, 1.54) is 60.5 Å². The van der Waals surface area contributed by atoms with E-state index in [0.29, 0.717) is 0 Å². The second kappa shape index (κ2) is 12.0. The highest BCUT2D eigenvalue weighted by Crippen LogP contribution is 2.46. The molecule has 0 aliphatic carbocycles. The summed E-state index contributed by atoms with van der Waals surface area (Å²) >= 11 is 0. The number of imidazole rings is 1. The molecule has 3 nitrogen and oxygen atoms in total. The fourth-order valence-electron chi connectivity index (χ4n) is 7.45. The van der Waals surface area contributed by atoms with E-state index >= 15 is 0 Å². The smallest absolute Gasteiger partial charge is 0.114 e. The molecule has 0 saturated carbocycles. The Morgan fingerprint density at radius 2 is 0.959 bits per heavy atom. The molecule has 0 bridgehead atoms. The zero-order valence-electron chi connectivity index (χ0n) is 27.2. The van der Waals surface area contributed by atoms with Gasteiger partial charge >= 0.3 is 0 Å². The maximum atomic E-state index is 4.87. The van der Waals surface area contributed by atoms with Crippen molar-refractivity contribution >= 4 is 32.6 Å². The second-order valence-electron chi connectivity index (χ2n) is 12.5. The van der Waals surface area contributed by atoms with Crippen LogP contribution in [0.15, 0.2) is 170 Å². The lowest BCUT2D eigenvalue weighted by Gasteiger charge is -2.19. The van der Waals surface area contributed by atoms with Crippen molar-refractivity contribution in [3.8, 4) is 50.2 Å². The molecule has 3 heteroatoms. The van der Waals surface area contributed by atoms with Crippen molar-refractivity contribution in [2.45, 2.75) is 13.3 Å². The van der Waals surface area contributed by atoms with Gasteiger partial charge in [0.05, 0.1) is 11.0 Å². The highest BCUT2D eigenvalue weighted by Gasteiger charge is 2.19. The Morgan fingerprint density at radius 1 is 0.449 bits per heavy atom. The van der Waals surface area contributed by atoms with Gasteiger partial charge in [0, 0.05) is 24.5 Å². The van der Waals surface area contributed by atoms with Gasteiger partial charge in [-0.3, -0.25) is 9.55 Å². The molecule has 2 heterocycles. The summed E-state index contributed by atoms with van der Waals surface area (Å²) in [6.45, 7) is 2.16. The number of hydrogen-bond acceptors (Lipinski definition) is 2. The third-order valence-electron chi connectivity index (χ3n) is 9.70. The molecule has 0 saturated heterocycles. The van der Waals surface area contributed by atoms with E-state index in [0.717, 1.165) is 34.5 Å². The lowest BCUT2D eigenvalue weighted by atomic mass is 9.84. The Labute approximate surface area is 285 Å². The van der Waals surface area contributed by atoms with Gasteiger partial charge in [-0.05, 0) is 102 Å². The summed E-state index contributed by atoms with van der Waals surface area (Å²) in [5.41, 5.74) is 13.0. The van der Waals surface area contributed by atoms with Crippen LogP contribution >= 0.6 is 0 Å². The minimum Gasteiger partial charge on any atom is -0.296 e. The second-order valence-corrected chi connectivity index (χ2v) is 12.5. The molecule has 0 amide bonds. The van der Waals surface area contributed by atoms with Crippen molar-refractivity contribution in [1.29, 1.82) is 0 Å². The number of aryl methyl sites for hydroxylation is 1. The van der Waals surface area contributed by atoms with E-state index < -0.39 is 0 Å². The zero-order valence-corrected chi connectivity index (χ0v) is 27.2. The molecule has 0 aliphatic heterocycles. The number of aromatic nitrogens is 3. The Kier molecular flexibility index (Phi) is 7.09. The number of benzene rings is 7. The Morgan fingerprint density at radius 3 is 1.59 bits per heavy atom. The van der Waals surface area contributed by atoms with Gasteiger partial charge in [0.1, 0.15) is 5.82 Å². The first kappa shape index (κ1) is 28.9. The van der Waals surface area contributed by atoms with Crippen molar-refractivity contribution in [1.82, 2.24) is 14.5 Å². The van der Waals surface area contributed by atoms with Crippen LogP contribution in [0.4, 0.5) is 0 Å². The first-order chi connectivity index (χ1) is 24.3. The molecule has 0 spiro atoms. The van der Waals surface area contributed by atoms with Gasteiger partial charge in [0.25, 0.3) is 0 Å². The fourth-order valence-corrected chi connectivity index (χ4v) is 7.45. The molecular formula is C46H33N3. The van der Waals surface area contributed by atoms with Crippen molar-refractivity contribution < 1.29 is 0 Å². The predicted molar refractivity (Wildman–Crippen MR) is 205 cm³/mol. The average molecular weight is 628 g/mol. The zero-order chi connectivity index (χ0) is 32.7. The van der Waals surface area contributed by atoms with Gasteiger partial charge < -0.3 is 0 Å². The fraction of sp³-hybridized carbons (Fsp3) is 0.0435. The van der Waals surface area contributed by atoms with Crippen LogP contribution in [0.2, 0.25) is 0 Å². The molecule has 232 valence electrons. The summed E-state index contributed by atoms with van der Waals surface area (Å²) in [4.78, 5) is 9.14. The number of para-hydroxylation sites is 2. The van der Waals surface area contributed by atoms with Gasteiger partial charge in [0.15, 0.2) is 0 Å². The summed E-state index contributed by atoms with van der Waals surface area (Å²) < 4.78 is 2.28. The number of rotatable bonds is 6. The summed E-state index contributed by atoms with van der Waals surface area (Å²) in [6, 6.07) is 56.9. The van der Waals surface area contributed by atoms with Crippen LogP contribution in [-0.4, -0.2) is 14.5 Å². The van der Waals surface area contributed by atoms with E-state index in [9.17, 15) is 0 Å². The van der Waals surface area contributed by atoms with Gasteiger partial charge in [0.2, 0.25) is 0 Å². The number of pyridine rings is 1. The normalized spacial score (nSPS) is 11.4. The Bertz CT molecular complexity index is 2560. The molecule has 0 unspecified atom stereocenters. The van der Waals surface area contributed by atoms with Crippen molar-refractivity contribution in [2.75, 3.05) is 0 Å². The molecular weight excluding hydrogens is 595 g/mol. The van der Waals surface area contributed by atoms with Crippen LogP contribution in [0, 0.1) is 0 Å². The Balaban J connectivity index is 1.15. The topological polar surface area (TPSA) is 30.7 Å².